The van der Waals surface area contributed by atoms with Crippen LogP contribution in [0.4, 0.5) is 8.78 Å². The lowest BCUT2D eigenvalue weighted by molar-refractivity contribution is 0.145. The van der Waals surface area contributed by atoms with Crippen LogP contribution in [-0.2, 0) is 0 Å². The van der Waals surface area contributed by atoms with Gasteiger partial charge in [-0.2, -0.15) is 0 Å². The minimum atomic E-state index is -2.53. The first-order valence-electron chi connectivity index (χ1n) is 4.71. The Kier molecular flexibility index (Phi) is 5.92. The van der Waals surface area contributed by atoms with Gasteiger partial charge in [0.15, 0.2) is 0 Å². The molecule has 0 bridgehead atoms. The van der Waals surface area contributed by atoms with Crippen molar-refractivity contribution in [2.75, 3.05) is 0 Å². The number of alkyl halides is 2. The minimum Gasteiger partial charge on any atom is -0.257 e. The molecule has 1 heterocycles. The molecule has 2 nitrogen and oxygen atoms in total. The molecule has 0 saturated carbocycles. The third-order valence-corrected chi connectivity index (χ3v) is 1.51. The third-order valence-electron chi connectivity index (χ3n) is 1.51. The van der Waals surface area contributed by atoms with E-state index in [0.29, 0.717) is 0 Å². The van der Waals surface area contributed by atoms with Crippen LogP contribution >= 0.6 is 0 Å². The van der Waals surface area contributed by atoms with Crippen molar-refractivity contribution in [3.63, 3.8) is 0 Å². The monoisotopic (exact) mass is 202 g/mol. The second-order valence-electron chi connectivity index (χ2n) is 2.82. The molecule has 1 aromatic heterocycles. The molecule has 0 amide bonds. The standard InChI is InChI=1S/C8H10F2N2.C2H6/c1-5(2)6-3-12-7(4-11-6)8(9)10;1-2/h3-5,8H,1-2H3;1-2H3. The van der Waals surface area contributed by atoms with Crippen LogP contribution in [0.3, 0.4) is 0 Å². The maximum absolute atomic E-state index is 12.0. The highest BCUT2D eigenvalue weighted by molar-refractivity contribution is 5.06. The molecule has 1 aromatic rings. The zero-order valence-corrected chi connectivity index (χ0v) is 8.96. The molecule has 0 fully saturated rings. The van der Waals surface area contributed by atoms with Gasteiger partial charge in [-0.25, -0.2) is 8.78 Å². The molecule has 0 N–H and O–H groups in total. The van der Waals surface area contributed by atoms with Gasteiger partial charge in [0.25, 0.3) is 6.43 Å². The molecule has 0 aliphatic carbocycles. The van der Waals surface area contributed by atoms with Crippen molar-refractivity contribution in [2.45, 2.75) is 40.0 Å². The number of nitrogens with zero attached hydrogens (tertiary/aromatic N) is 2. The summed E-state index contributed by atoms with van der Waals surface area (Å²) in [5, 5.41) is 0. The van der Waals surface area contributed by atoms with E-state index in [-0.39, 0.29) is 11.6 Å². The van der Waals surface area contributed by atoms with Crippen molar-refractivity contribution in [1.82, 2.24) is 9.97 Å². The molecule has 0 spiro atoms. The summed E-state index contributed by atoms with van der Waals surface area (Å²) in [6.45, 7) is 7.87. The van der Waals surface area contributed by atoms with Gasteiger partial charge >= 0.3 is 0 Å². The van der Waals surface area contributed by atoms with E-state index in [2.05, 4.69) is 9.97 Å². The maximum Gasteiger partial charge on any atom is 0.281 e. The molecule has 0 radical (unpaired) electrons. The summed E-state index contributed by atoms with van der Waals surface area (Å²) in [6, 6.07) is 0. The lowest BCUT2D eigenvalue weighted by Gasteiger charge is -2.03. The average molecular weight is 202 g/mol. The summed E-state index contributed by atoms with van der Waals surface area (Å²) >= 11 is 0. The summed E-state index contributed by atoms with van der Waals surface area (Å²) in [5.41, 5.74) is 0.471. The second-order valence-corrected chi connectivity index (χ2v) is 2.82. The molecule has 0 saturated heterocycles. The smallest absolute Gasteiger partial charge is 0.257 e. The van der Waals surface area contributed by atoms with Crippen LogP contribution in [0.25, 0.3) is 0 Å². The molecular weight excluding hydrogens is 186 g/mol. The second kappa shape index (κ2) is 6.40. The number of hydrogen-bond donors (Lipinski definition) is 0. The zero-order valence-electron chi connectivity index (χ0n) is 8.96. The Hall–Kier alpha value is -1.06. The highest BCUT2D eigenvalue weighted by Crippen LogP contribution is 2.16. The van der Waals surface area contributed by atoms with E-state index >= 15 is 0 Å². The van der Waals surface area contributed by atoms with Crippen molar-refractivity contribution < 1.29 is 8.78 Å². The Morgan fingerprint density at radius 1 is 1.00 bits per heavy atom. The number of hydrogen-bond acceptors (Lipinski definition) is 2. The molecular formula is C10H16F2N2. The van der Waals surface area contributed by atoms with Crippen LogP contribution in [0, 0.1) is 0 Å². The van der Waals surface area contributed by atoms with E-state index in [1.54, 1.807) is 0 Å². The van der Waals surface area contributed by atoms with Gasteiger partial charge in [0.05, 0.1) is 11.9 Å². The Bertz CT molecular complexity index is 218. The van der Waals surface area contributed by atoms with E-state index < -0.39 is 6.43 Å². The van der Waals surface area contributed by atoms with Crippen LogP contribution in [0.5, 0.6) is 0 Å². The molecule has 80 valence electrons. The Balaban J connectivity index is 0.000000791. The summed E-state index contributed by atoms with van der Waals surface area (Å²) in [5.74, 6) is 0.226. The molecule has 0 atom stereocenters. The quantitative estimate of drug-likeness (QED) is 0.732. The molecule has 0 aliphatic rings. The summed E-state index contributed by atoms with van der Waals surface area (Å²) in [7, 11) is 0. The maximum atomic E-state index is 12.0. The topological polar surface area (TPSA) is 25.8 Å². The lowest BCUT2D eigenvalue weighted by atomic mass is 10.1. The highest BCUT2D eigenvalue weighted by Gasteiger charge is 2.09. The van der Waals surface area contributed by atoms with E-state index in [9.17, 15) is 8.78 Å². The summed E-state index contributed by atoms with van der Waals surface area (Å²) in [6.07, 6.45) is -0.00897. The Morgan fingerprint density at radius 3 is 1.71 bits per heavy atom. The van der Waals surface area contributed by atoms with E-state index in [1.807, 2.05) is 27.7 Å². The van der Waals surface area contributed by atoms with Gasteiger partial charge < -0.3 is 0 Å². The average Bonchev–Trinajstić information content (AvgIpc) is 2.21. The van der Waals surface area contributed by atoms with Crippen LogP contribution in [0.2, 0.25) is 0 Å². The predicted molar refractivity (Wildman–Crippen MR) is 52.4 cm³/mol. The van der Waals surface area contributed by atoms with Gasteiger partial charge in [-0.05, 0) is 5.92 Å². The first-order chi connectivity index (χ1) is 6.61. The highest BCUT2D eigenvalue weighted by atomic mass is 19.3. The minimum absolute atomic E-state index is 0.226. The van der Waals surface area contributed by atoms with Gasteiger partial charge in [-0.3, -0.25) is 9.97 Å². The van der Waals surface area contributed by atoms with E-state index in [1.165, 1.54) is 6.20 Å². The van der Waals surface area contributed by atoms with Crippen LogP contribution in [0.1, 0.15) is 51.4 Å². The Labute approximate surface area is 83.4 Å². The molecule has 1 rings (SSSR count). The summed E-state index contributed by atoms with van der Waals surface area (Å²) in [4.78, 5) is 7.44. The van der Waals surface area contributed by atoms with E-state index in [0.717, 1.165) is 11.9 Å². The van der Waals surface area contributed by atoms with Crippen LogP contribution < -0.4 is 0 Å². The van der Waals surface area contributed by atoms with Gasteiger partial charge in [-0.1, -0.05) is 27.7 Å². The van der Waals surface area contributed by atoms with Crippen molar-refractivity contribution in [3.05, 3.63) is 23.8 Å². The fourth-order valence-electron chi connectivity index (χ4n) is 0.759. The van der Waals surface area contributed by atoms with Gasteiger partial charge in [0.1, 0.15) is 5.69 Å². The molecule has 0 unspecified atom stereocenters. The summed E-state index contributed by atoms with van der Waals surface area (Å²) < 4.78 is 24.0. The van der Waals surface area contributed by atoms with Gasteiger partial charge in [0.2, 0.25) is 0 Å². The number of aromatic nitrogens is 2. The fraction of sp³-hybridized carbons (Fsp3) is 0.600. The van der Waals surface area contributed by atoms with E-state index in [4.69, 9.17) is 0 Å². The Morgan fingerprint density at radius 2 is 1.43 bits per heavy atom. The zero-order chi connectivity index (χ0) is 11.1. The van der Waals surface area contributed by atoms with Crippen molar-refractivity contribution >= 4 is 0 Å². The number of halogens is 2. The first kappa shape index (κ1) is 12.9. The predicted octanol–water partition coefficient (Wildman–Crippen LogP) is 3.56. The van der Waals surface area contributed by atoms with Gasteiger partial charge in [0, 0.05) is 6.20 Å². The normalized spacial score (nSPS) is 10.0. The largest absolute Gasteiger partial charge is 0.281 e. The van der Waals surface area contributed by atoms with Crippen molar-refractivity contribution in [1.29, 1.82) is 0 Å². The number of rotatable bonds is 2. The fourth-order valence-corrected chi connectivity index (χ4v) is 0.759. The van der Waals surface area contributed by atoms with Crippen molar-refractivity contribution in [3.8, 4) is 0 Å². The SMILES string of the molecule is CC.CC(C)c1cnc(C(F)F)cn1. The van der Waals surface area contributed by atoms with Crippen LogP contribution in [0.15, 0.2) is 12.4 Å². The third kappa shape index (κ3) is 3.77. The molecule has 0 aromatic carbocycles. The molecule has 14 heavy (non-hydrogen) atoms. The lowest BCUT2D eigenvalue weighted by Crippen LogP contribution is -1.97. The van der Waals surface area contributed by atoms with Gasteiger partial charge in [-0.15, -0.1) is 0 Å². The van der Waals surface area contributed by atoms with Crippen LogP contribution in [-0.4, -0.2) is 9.97 Å². The molecule has 0 aliphatic heterocycles. The molecule has 4 heteroatoms. The van der Waals surface area contributed by atoms with Crippen molar-refractivity contribution in [2.24, 2.45) is 0 Å². The first-order valence-corrected chi connectivity index (χ1v) is 4.71.